The van der Waals surface area contributed by atoms with Gasteiger partial charge in [0.1, 0.15) is 5.75 Å². The zero-order chi connectivity index (χ0) is 20.8. The maximum Gasteiger partial charge on any atom is 0.316 e. The molecule has 3 rings (SSSR count). The molecule has 0 radical (unpaired) electrons. The minimum atomic E-state index is -0.571. The van der Waals surface area contributed by atoms with Gasteiger partial charge in [0.2, 0.25) is 0 Å². The maximum atomic E-state index is 10.8. The van der Waals surface area contributed by atoms with Crippen molar-refractivity contribution < 1.29 is 9.53 Å². The molecule has 1 fully saturated rings. The van der Waals surface area contributed by atoms with Crippen molar-refractivity contribution in [3.63, 3.8) is 0 Å². The van der Waals surface area contributed by atoms with Crippen molar-refractivity contribution >= 4 is 29.0 Å². The zero-order valence-corrected chi connectivity index (χ0v) is 17.7. The van der Waals surface area contributed by atoms with E-state index in [-0.39, 0.29) is 0 Å². The number of benzene rings is 2. The molecule has 2 aromatic rings. The highest BCUT2D eigenvalue weighted by atomic mass is 35.5. The summed E-state index contributed by atoms with van der Waals surface area (Å²) in [5.41, 5.74) is 6.99. The SMILES string of the molecule is CC1CN(c2ccc(Cl)cc2)CC(C)N1CCCOc1ccc(NC(N)=O)cc1. The number of nitrogens with one attached hydrogen (secondary N) is 1. The van der Waals surface area contributed by atoms with Crippen molar-refractivity contribution in [1.82, 2.24) is 4.90 Å². The van der Waals surface area contributed by atoms with Gasteiger partial charge in [-0.05, 0) is 68.8 Å². The second-order valence-corrected chi connectivity index (χ2v) is 7.97. The average molecular weight is 417 g/mol. The fraction of sp³-hybridized carbons (Fsp3) is 0.409. The number of nitrogens with zero attached hydrogens (tertiary/aromatic N) is 2. The normalized spacial score (nSPS) is 19.8. The summed E-state index contributed by atoms with van der Waals surface area (Å²) >= 11 is 6.01. The van der Waals surface area contributed by atoms with Gasteiger partial charge in [-0.25, -0.2) is 4.79 Å². The molecule has 0 aliphatic carbocycles. The Morgan fingerprint density at radius 1 is 1.10 bits per heavy atom. The molecule has 2 atom stereocenters. The lowest BCUT2D eigenvalue weighted by Crippen LogP contribution is -2.57. The molecule has 2 unspecified atom stereocenters. The van der Waals surface area contributed by atoms with Crippen molar-refractivity contribution in [2.24, 2.45) is 5.73 Å². The van der Waals surface area contributed by atoms with Crippen molar-refractivity contribution in [1.29, 1.82) is 0 Å². The number of rotatable bonds is 7. The number of anilines is 2. The number of urea groups is 1. The van der Waals surface area contributed by atoms with Crippen LogP contribution in [0.25, 0.3) is 0 Å². The Balaban J connectivity index is 1.44. The molecule has 0 aromatic heterocycles. The zero-order valence-electron chi connectivity index (χ0n) is 17.0. The van der Waals surface area contributed by atoms with Crippen LogP contribution in [0, 0.1) is 0 Å². The lowest BCUT2D eigenvalue weighted by molar-refractivity contribution is 0.122. The van der Waals surface area contributed by atoms with E-state index in [1.807, 2.05) is 24.3 Å². The highest BCUT2D eigenvalue weighted by Gasteiger charge is 2.29. The first-order valence-corrected chi connectivity index (χ1v) is 10.4. The largest absolute Gasteiger partial charge is 0.494 e. The number of hydrogen-bond donors (Lipinski definition) is 2. The van der Waals surface area contributed by atoms with Gasteiger partial charge in [0.05, 0.1) is 6.61 Å². The third-order valence-electron chi connectivity index (χ3n) is 5.24. The minimum Gasteiger partial charge on any atom is -0.494 e. The van der Waals surface area contributed by atoms with E-state index in [1.165, 1.54) is 5.69 Å². The maximum absolute atomic E-state index is 10.8. The Bertz CT molecular complexity index is 785. The second kappa shape index (κ2) is 9.85. The number of ether oxygens (including phenoxy) is 1. The Morgan fingerprint density at radius 2 is 1.72 bits per heavy atom. The molecule has 2 amide bonds. The van der Waals surface area contributed by atoms with Gasteiger partial charge in [0.15, 0.2) is 0 Å². The van der Waals surface area contributed by atoms with E-state index in [2.05, 4.69) is 41.1 Å². The van der Waals surface area contributed by atoms with E-state index >= 15 is 0 Å². The molecule has 1 aliphatic heterocycles. The molecule has 2 aromatic carbocycles. The molecule has 1 aliphatic rings. The van der Waals surface area contributed by atoms with E-state index < -0.39 is 6.03 Å². The van der Waals surface area contributed by atoms with Gasteiger partial charge in [-0.2, -0.15) is 0 Å². The number of piperazine rings is 1. The van der Waals surface area contributed by atoms with Gasteiger partial charge in [0, 0.05) is 48.1 Å². The molecule has 29 heavy (non-hydrogen) atoms. The molecular weight excluding hydrogens is 388 g/mol. The van der Waals surface area contributed by atoms with Crippen molar-refractivity contribution in [2.75, 3.05) is 36.5 Å². The first kappa shape index (κ1) is 21.3. The van der Waals surface area contributed by atoms with Crippen LogP contribution in [0.2, 0.25) is 5.02 Å². The quantitative estimate of drug-likeness (QED) is 0.663. The van der Waals surface area contributed by atoms with E-state index in [0.29, 0.717) is 24.4 Å². The summed E-state index contributed by atoms with van der Waals surface area (Å²) in [6.07, 6.45) is 0.955. The number of hydrogen-bond acceptors (Lipinski definition) is 4. The summed E-state index contributed by atoms with van der Waals surface area (Å²) in [6, 6.07) is 15.7. The predicted octanol–water partition coefficient (Wildman–Crippen LogP) is 4.20. The van der Waals surface area contributed by atoms with Crippen LogP contribution in [-0.4, -0.2) is 49.3 Å². The number of amides is 2. The number of halogens is 1. The van der Waals surface area contributed by atoms with Crippen molar-refractivity contribution in [3.05, 3.63) is 53.6 Å². The number of primary amides is 1. The Labute approximate surface area is 177 Å². The monoisotopic (exact) mass is 416 g/mol. The summed E-state index contributed by atoms with van der Waals surface area (Å²) in [4.78, 5) is 15.8. The molecule has 156 valence electrons. The lowest BCUT2D eigenvalue weighted by atomic mass is 10.1. The molecule has 0 spiro atoms. The van der Waals surface area contributed by atoms with Crippen LogP contribution in [0.1, 0.15) is 20.3 Å². The highest BCUT2D eigenvalue weighted by Crippen LogP contribution is 2.24. The molecular formula is C22H29ClN4O2. The van der Waals surface area contributed by atoms with Crippen LogP contribution < -0.4 is 20.7 Å². The van der Waals surface area contributed by atoms with Crippen LogP contribution in [-0.2, 0) is 0 Å². The molecule has 0 saturated carbocycles. The summed E-state index contributed by atoms with van der Waals surface area (Å²) in [6.45, 7) is 8.22. The third-order valence-corrected chi connectivity index (χ3v) is 5.50. The van der Waals surface area contributed by atoms with Crippen molar-refractivity contribution in [3.8, 4) is 5.75 Å². The van der Waals surface area contributed by atoms with Gasteiger partial charge >= 0.3 is 6.03 Å². The molecule has 1 heterocycles. The summed E-state index contributed by atoms with van der Waals surface area (Å²) in [5, 5.41) is 3.31. The van der Waals surface area contributed by atoms with Crippen LogP contribution in [0.5, 0.6) is 5.75 Å². The third kappa shape index (κ3) is 6.02. The smallest absolute Gasteiger partial charge is 0.316 e. The standard InChI is InChI=1S/C22H29ClN4O2/c1-16-14-26(20-8-4-18(23)5-9-20)15-17(2)27(16)12-3-13-29-21-10-6-19(7-11-21)25-22(24)28/h4-11,16-17H,3,12-15H2,1-2H3,(H3,24,25,28). The first-order chi connectivity index (χ1) is 13.9. The predicted molar refractivity (Wildman–Crippen MR) is 119 cm³/mol. The lowest BCUT2D eigenvalue weighted by Gasteiger charge is -2.45. The fourth-order valence-corrected chi connectivity index (χ4v) is 4.00. The second-order valence-electron chi connectivity index (χ2n) is 7.53. The van der Waals surface area contributed by atoms with Crippen molar-refractivity contribution in [2.45, 2.75) is 32.4 Å². The molecule has 0 bridgehead atoms. The van der Waals surface area contributed by atoms with Crippen LogP contribution >= 0.6 is 11.6 Å². The average Bonchev–Trinajstić information content (AvgIpc) is 2.68. The summed E-state index contributed by atoms with van der Waals surface area (Å²) in [7, 11) is 0. The Morgan fingerprint density at radius 3 is 2.31 bits per heavy atom. The van der Waals surface area contributed by atoms with E-state index in [4.69, 9.17) is 22.1 Å². The number of carbonyl (C=O) groups is 1. The summed E-state index contributed by atoms with van der Waals surface area (Å²) in [5.74, 6) is 0.786. The van der Waals surface area contributed by atoms with Gasteiger partial charge in [-0.15, -0.1) is 0 Å². The Hall–Kier alpha value is -2.44. The highest BCUT2D eigenvalue weighted by molar-refractivity contribution is 6.30. The minimum absolute atomic E-state index is 0.466. The molecule has 6 nitrogen and oxygen atoms in total. The number of carbonyl (C=O) groups excluding carboxylic acids is 1. The molecule has 3 N–H and O–H groups in total. The molecule has 7 heteroatoms. The number of nitrogens with two attached hydrogens (primary N) is 1. The van der Waals surface area contributed by atoms with Crippen LogP contribution in [0.4, 0.5) is 16.2 Å². The van der Waals surface area contributed by atoms with Gasteiger partial charge < -0.3 is 20.7 Å². The van der Waals surface area contributed by atoms with Gasteiger partial charge in [-0.3, -0.25) is 4.90 Å². The van der Waals surface area contributed by atoms with E-state index in [1.54, 1.807) is 12.1 Å². The van der Waals surface area contributed by atoms with Crippen LogP contribution in [0.3, 0.4) is 0 Å². The van der Waals surface area contributed by atoms with E-state index in [9.17, 15) is 4.79 Å². The van der Waals surface area contributed by atoms with Gasteiger partial charge in [0.25, 0.3) is 0 Å². The topological polar surface area (TPSA) is 70.8 Å². The van der Waals surface area contributed by atoms with Gasteiger partial charge in [-0.1, -0.05) is 11.6 Å². The van der Waals surface area contributed by atoms with E-state index in [0.717, 1.165) is 36.8 Å². The summed E-state index contributed by atoms with van der Waals surface area (Å²) < 4.78 is 5.84. The molecule has 1 saturated heterocycles. The first-order valence-electron chi connectivity index (χ1n) is 9.98. The Kier molecular flexibility index (Phi) is 7.23. The fourth-order valence-electron chi connectivity index (χ4n) is 3.87. The van der Waals surface area contributed by atoms with Crippen LogP contribution in [0.15, 0.2) is 48.5 Å².